The third kappa shape index (κ3) is 2.36. The minimum Gasteiger partial charge on any atom is -0.323 e. The Hall–Kier alpha value is -1.80. The zero-order chi connectivity index (χ0) is 13.2. The Morgan fingerprint density at radius 2 is 1.89 bits per heavy atom. The molecule has 2 aromatic carbocycles. The molecule has 0 spiro atoms. The van der Waals surface area contributed by atoms with Gasteiger partial charge in [0.15, 0.2) is 0 Å². The van der Waals surface area contributed by atoms with Crippen molar-refractivity contribution in [1.29, 1.82) is 0 Å². The van der Waals surface area contributed by atoms with Crippen LogP contribution in [-0.4, -0.2) is 9.55 Å². The average molecular weight is 271 g/mol. The van der Waals surface area contributed by atoms with E-state index in [1.807, 2.05) is 24.3 Å². The lowest BCUT2D eigenvalue weighted by atomic mass is 10.2. The van der Waals surface area contributed by atoms with Crippen molar-refractivity contribution in [2.45, 2.75) is 19.9 Å². The summed E-state index contributed by atoms with van der Waals surface area (Å²) in [5.41, 5.74) is 3.39. The van der Waals surface area contributed by atoms with E-state index in [1.54, 1.807) is 0 Å². The van der Waals surface area contributed by atoms with Gasteiger partial charge in [0.25, 0.3) is 0 Å². The number of fused-ring (bicyclic) bond motifs is 1. The van der Waals surface area contributed by atoms with E-state index >= 15 is 0 Å². The zero-order valence-corrected chi connectivity index (χ0v) is 11.6. The van der Waals surface area contributed by atoms with E-state index in [9.17, 15) is 0 Å². The molecule has 0 fully saturated rings. The molecular formula is C16H15ClN2. The van der Waals surface area contributed by atoms with Crippen LogP contribution in [-0.2, 0) is 13.0 Å². The predicted molar refractivity (Wildman–Crippen MR) is 79.7 cm³/mol. The number of nitrogens with zero attached hydrogens (tertiary/aromatic N) is 2. The summed E-state index contributed by atoms with van der Waals surface area (Å²) in [4.78, 5) is 4.67. The van der Waals surface area contributed by atoms with Gasteiger partial charge in [-0.15, -0.1) is 0 Å². The Labute approximate surface area is 117 Å². The molecule has 3 rings (SSSR count). The number of benzene rings is 2. The van der Waals surface area contributed by atoms with Crippen molar-refractivity contribution in [3.63, 3.8) is 0 Å². The first-order chi connectivity index (χ1) is 9.28. The standard InChI is InChI=1S/C16H15ClN2/c1-2-16-18-14-9-8-13(17)10-15(14)19(16)11-12-6-4-3-5-7-12/h3-10H,2,11H2,1H3. The highest BCUT2D eigenvalue weighted by molar-refractivity contribution is 6.31. The quantitative estimate of drug-likeness (QED) is 0.694. The summed E-state index contributed by atoms with van der Waals surface area (Å²) in [6, 6.07) is 16.3. The van der Waals surface area contributed by atoms with Crippen LogP contribution in [0.3, 0.4) is 0 Å². The highest BCUT2D eigenvalue weighted by Crippen LogP contribution is 2.22. The number of halogens is 1. The fourth-order valence-corrected chi connectivity index (χ4v) is 2.52. The van der Waals surface area contributed by atoms with Crippen LogP contribution in [0.4, 0.5) is 0 Å². The van der Waals surface area contributed by atoms with Crippen LogP contribution in [0.5, 0.6) is 0 Å². The first-order valence-corrected chi connectivity index (χ1v) is 6.84. The van der Waals surface area contributed by atoms with Gasteiger partial charge in [-0.25, -0.2) is 4.98 Å². The van der Waals surface area contributed by atoms with Crippen molar-refractivity contribution in [2.75, 3.05) is 0 Å². The van der Waals surface area contributed by atoms with Crippen molar-refractivity contribution in [3.8, 4) is 0 Å². The lowest BCUT2D eigenvalue weighted by Gasteiger charge is -2.08. The number of aryl methyl sites for hydroxylation is 1. The molecule has 0 bridgehead atoms. The van der Waals surface area contributed by atoms with Crippen molar-refractivity contribution in [1.82, 2.24) is 9.55 Å². The molecule has 1 heterocycles. The summed E-state index contributed by atoms with van der Waals surface area (Å²) < 4.78 is 2.25. The second-order valence-corrected chi connectivity index (χ2v) is 5.02. The Balaban J connectivity index is 2.12. The molecule has 0 aliphatic heterocycles. The molecule has 0 radical (unpaired) electrons. The van der Waals surface area contributed by atoms with Crippen LogP contribution in [0.15, 0.2) is 48.5 Å². The normalized spacial score (nSPS) is 11.1. The van der Waals surface area contributed by atoms with E-state index < -0.39 is 0 Å². The first-order valence-electron chi connectivity index (χ1n) is 6.46. The van der Waals surface area contributed by atoms with Gasteiger partial charge in [0, 0.05) is 18.0 Å². The highest BCUT2D eigenvalue weighted by atomic mass is 35.5. The highest BCUT2D eigenvalue weighted by Gasteiger charge is 2.10. The van der Waals surface area contributed by atoms with Gasteiger partial charge in [-0.1, -0.05) is 48.9 Å². The number of aromatic nitrogens is 2. The van der Waals surface area contributed by atoms with Crippen LogP contribution in [0, 0.1) is 0 Å². The van der Waals surface area contributed by atoms with Crippen molar-refractivity contribution in [3.05, 3.63) is 64.9 Å². The molecule has 96 valence electrons. The second kappa shape index (κ2) is 5.06. The molecule has 0 unspecified atom stereocenters. The van der Waals surface area contributed by atoms with Crippen LogP contribution in [0.2, 0.25) is 5.02 Å². The molecule has 0 N–H and O–H groups in total. The predicted octanol–water partition coefficient (Wildman–Crippen LogP) is 4.30. The van der Waals surface area contributed by atoms with E-state index in [4.69, 9.17) is 11.6 Å². The molecule has 3 heteroatoms. The molecule has 0 atom stereocenters. The number of hydrogen-bond donors (Lipinski definition) is 0. The Bertz CT molecular complexity index is 701. The molecule has 3 aromatic rings. The van der Waals surface area contributed by atoms with Crippen molar-refractivity contribution >= 4 is 22.6 Å². The topological polar surface area (TPSA) is 17.8 Å². The van der Waals surface area contributed by atoms with Gasteiger partial charge in [-0.2, -0.15) is 0 Å². The maximum absolute atomic E-state index is 6.10. The number of hydrogen-bond acceptors (Lipinski definition) is 1. The molecule has 1 aromatic heterocycles. The third-order valence-electron chi connectivity index (χ3n) is 3.29. The summed E-state index contributed by atoms with van der Waals surface area (Å²) in [6.45, 7) is 2.96. The molecule has 2 nitrogen and oxygen atoms in total. The SMILES string of the molecule is CCc1nc2ccc(Cl)cc2n1Cc1ccccc1. The largest absolute Gasteiger partial charge is 0.323 e. The maximum Gasteiger partial charge on any atom is 0.109 e. The van der Waals surface area contributed by atoms with E-state index in [0.717, 1.165) is 34.8 Å². The van der Waals surface area contributed by atoms with E-state index in [1.165, 1.54) is 5.56 Å². The van der Waals surface area contributed by atoms with Crippen LogP contribution >= 0.6 is 11.6 Å². The van der Waals surface area contributed by atoms with E-state index in [2.05, 4.69) is 40.7 Å². The summed E-state index contributed by atoms with van der Waals surface area (Å²) in [5, 5.41) is 0.754. The van der Waals surface area contributed by atoms with E-state index in [0.29, 0.717) is 0 Å². The summed E-state index contributed by atoms with van der Waals surface area (Å²) in [5.74, 6) is 1.10. The smallest absolute Gasteiger partial charge is 0.109 e. The molecule has 0 amide bonds. The van der Waals surface area contributed by atoms with Gasteiger partial charge < -0.3 is 4.57 Å². The van der Waals surface area contributed by atoms with E-state index in [-0.39, 0.29) is 0 Å². The van der Waals surface area contributed by atoms with Gasteiger partial charge in [0.1, 0.15) is 5.82 Å². The Morgan fingerprint density at radius 3 is 2.63 bits per heavy atom. The third-order valence-corrected chi connectivity index (χ3v) is 3.52. The second-order valence-electron chi connectivity index (χ2n) is 4.59. The molecule has 19 heavy (non-hydrogen) atoms. The summed E-state index contributed by atoms with van der Waals surface area (Å²) >= 11 is 6.10. The lowest BCUT2D eigenvalue weighted by molar-refractivity contribution is 0.753. The average Bonchev–Trinajstić information content (AvgIpc) is 2.78. The fraction of sp³-hybridized carbons (Fsp3) is 0.188. The maximum atomic E-state index is 6.10. The van der Waals surface area contributed by atoms with Gasteiger partial charge >= 0.3 is 0 Å². The summed E-state index contributed by atoms with van der Waals surface area (Å²) in [7, 11) is 0. The molecule has 0 saturated carbocycles. The summed E-state index contributed by atoms with van der Waals surface area (Å²) in [6.07, 6.45) is 0.916. The minimum atomic E-state index is 0.754. The van der Waals surface area contributed by atoms with Gasteiger partial charge in [0.05, 0.1) is 11.0 Å². The molecule has 0 aliphatic carbocycles. The Morgan fingerprint density at radius 1 is 1.11 bits per heavy atom. The number of imidazole rings is 1. The van der Waals surface area contributed by atoms with Crippen LogP contribution in [0.1, 0.15) is 18.3 Å². The van der Waals surface area contributed by atoms with Gasteiger partial charge in [0.2, 0.25) is 0 Å². The van der Waals surface area contributed by atoms with Gasteiger partial charge in [-0.05, 0) is 23.8 Å². The van der Waals surface area contributed by atoms with Crippen LogP contribution < -0.4 is 0 Å². The van der Waals surface area contributed by atoms with Crippen molar-refractivity contribution < 1.29 is 0 Å². The Kier molecular flexibility index (Phi) is 3.26. The zero-order valence-electron chi connectivity index (χ0n) is 10.8. The molecular weight excluding hydrogens is 256 g/mol. The molecule has 0 saturated heterocycles. The fourth-order valence-electron chi connectivity index (χ4n) is 2.36. The van der Waals surface area contributed by atoms with Crippen LogP contribution in [0.25, 0.3) is 11.0 Å². The van der Waals surface area contributed by atoms with Crippen molar-refractivity contribution in [2.24, 2.45) is 0 Å². The van der Waals surface area contributed by atoms with Gasteiger partial charge in [-0.3, -0.25) is 0 Å². The minimum absolute atomic E-state index is 0.754. The first kappa shape index (κ1) is 12.2. The molecule has 0 aliphatic rings. The monoisotopic (exact) mass is 270 g/mol. The number of rotatable bonds is 3. The lowest BCUT2D eigenvalue weighted by Crippen LogP contribution is -2.04.